The highest BCUT2D eigenvalue weighted by molar-refractivity contribution is 5.99. The van der Waals surface area contributed by atoms with E-state index in [9.17, 15) is 4.79 Å². The first-order valence-electron chi connectivity index (χ1n) is 10.1. The first-order chi connectivity index (χ1) is 14.2. The number of amides is 1. The first-order valence-corrected chi connectivity index (χ1v) is 10.1. The fourth-order valence-electron chi connectivity index (χ4n) is 5.30. The van der Waals surface area contributed by atoms with E-state index < -0.39 is 0 Å². The maximum Gasteiger partial charge on any atom is 0.410 e. The second-order valence-corrected chi connectivity index (χ2v) is 7.98. The lowest BCUT2D eigenvalue weighted by molar-refractivity contribution is 0.0979. The summed E-state index contributed by atoms with van der Waals surface area (Å²) >= 11 is 0. The first kappa shape index (κ1) is 16.6. The summed E-state index contributed by atoms with van der Waals surface area (Å²) < 4.78 is 5.08. The molecule has 1 fully saturated rings. The van der Waals surface area contributed by atoms with Gasteiger partial charge in [-0.25, -0.2) is 4.79 Å². The Kier molecular flexibility index (Phi) is 3.48. The fourth-order valence-corrected chi connectivity index (χ4v) is 5.30. The summed E-state index contributed by atoms with van der Waals surface area (Å²) in [7, 11) is 1.47. The summed E-state index contributed by atoms with van der Waals surface area (Å²) in [6.45, 7) is 0. The summed E-state index contributed by atoms with van der Waals surface area (Å²) in [6, 6.07) is 17.3. The average molecular weight is 383 g/mol. The van der Waals surface area contributed by atoms with Gasteiger partial charge in [-0.1, -0.05) is 30.3 Å². The molecule has 5 nitrogen and oxygen atoms in total. The van der Waals surface area contributed by atoms with Crippen LogP contribution < -0.4 is 0 Å². The highest BCUT2D eigenvalue weighted by Gasteiger charge is 2.44. The number of aromatic nitrogens is 2. The summed E-state index contributed by atoms with van der Waals surface area (Å²) in [5.41, 5.74) is 7.04. The van der Waals surface area contributed by atoms with Crippen LogP contribution in [-0.2, 0) is 11.2 Å². The molecule has 2 aromatic carbocycles. The van der Waals surface area contributed by atoms with Crippen molar-refractivity contribution in [1.29, 1.82) is 0 Å². The minimum absolute atomic E-state index is 0.0982. The summed E-state index contributed by atoms with van der Waals surface area (Å²) in [4.78, 5) is 22.5. The van der Waals surface area contributed by atoms with Crippen molar-refractivity contribution in [3.63, 3.8) is 0 Å². The Balaban J connectivity index is 1.53. The van der Waals surface area contributed by atoms with E-state index in [1.807, 2.05) is 17.2 Å². The second-order valence-electron chi connectivity index (χ2n) is 7.98. The number of aromatic amines is 1. The number of para-hydroxylation sites is 1. The third-order valence-electron chi connectivity index (χ3n) is 6.53. The van der Waals surface area contributed by atoms with E-state index in [0.717, 1.165) is 35.7 Å². The smallest absolute Gasteiger partial charge is 0.410 e. The van der Waals surface area contributed by atoms with Crippen molar-refractivity contribution in [3.05, 3.63) is 66.0 Å². The molecule has 0 saturated carbocycles. The molecule has 0 aliphatic carbocycles. The Morgan fingerprint density at radius 2 is 2.10 bits per heavy atom. The lowest BCUT2D eigenvalue weighted by atomic mass is 9.95. The SMILES string of the molecule is COC(=O)N1C2CCC1c1c([nH]c3c(-c4ccc5ncccc5c4)cccc13)C2. The van der Waals surface area contributed by atoms with Gasteiger partial charge in [0.25, 0.3) is 0 Å². The van der Waals surface area contributed by atoms with Gasteiger partial charge in [-0.15, -0.1) is 0 Å². The third-order valence-corrected chi connectivity index (χ3v) is 6.53. The molecule has 4 aromatic rings. The van der Waals surface area contributed by atoms with Crippen molar-refractivity contribution in [1.82, 2.24) is 14.9 Å². The van der Waals surface area contributed by atoms with Crippen LogP contribution in [0.2, 0.25) is 0 Å². The van der Waals surface area contributed by atoms with Crippen LogP contribution in [0.4, 0.5) is 4.79 Å². The van der Waals surface area contributed by atoms with E-state index in [1.54, 1.807) is 0 Å². The zero-order valence-corrected chi connectivity index (χ0v) is 16.2. The number of pyridine rings is 1. The minimum atomic E-state index is -0.212. The van der Waals surface area contributed by atoms with Crippen molar-refractivity contribution < 1.29 is 9.53 Å². The number of nitrogens with one attached hydrogen (secondary N) is 1. The van der Waals surface area contributed by atoms with Crippen LogP contribution in [-0.4, -0.2) is 34.1 Å². The Bertz CT molecular complexity index is 1280. The molecule has 0 spiro atoms. The number of benzene rings is 2. The van der Waals surface area contributed by atoms with Crippen LogP contribution in [0.5, 0.6) is 0 Å². The maximum absolute atomic E-state index is 12.4. The van der Waals surface area contributed by atoms with E-state index in [0.29, 0.717) is 0 Å². The van der Waals surface area contributed by atoms with Gasteiger partial charge >= 0.3 is 6.09 Å². The lowest BCUT2D eigenvalue weighted by Gasteiger charge is -2.33. The predicted octanol–water partition coefficient (Wildman–Crippen LogP) is 5.21. The van der Waals surface area contributed by atoms with Crippen LogP contribution >= 0.6 is 0 Å². The van der Waals surface area contributed by atoms with Crippen LogP contribution in [0.15, 0.2) is 54.7 Å². The topological polar surface area (TPSA) is 58.2 Å². The number of H-pyrrole nitrogens is 1. The minimum Gasteiger partial charge on any atom is -0.453 e. The summed E-state index contributed by atoms with van der Waals surface area (Å²) in [5.74, 6) is 0. The van der Waals surface area contributed by atoms with Crippen molar-refractivity contribution in [3.8, 4) is 11.1 Å². The van der Waals surface area contributed by atoms with E-state index in [-0.39, 0.29) is 18.2 Å². The Labute approximate surface area is 168 Å². The molecule has 2 aromatic heterocycles. The average Bonchev–Trinajstić information content (AvgIpc) is 3.29. The van der Waals surface area contributed by atoms with Gasteiger partial charge in [0.1, 0.15) is 0 Å². The monoisotopic (exact) mass is 383 g/mol. The number of carbonyl (C=O) groups is 1. The number of ether oxygens (including phenoxy) is 1. The Morgan fingerprint density at radius 3 is 3.00 bits per heavy atom. The molecule has 2 aliphatic rings. The van der Waals surface area contributed by atoms with Crippen molar-refractivity contribution in [2.45, 2.75) is 31.3 Å². The lowest BCUT2D eigenvalue weighted by Crippen LogP contribution is -2.41. The molecule has 4 heterocycles. The van der Waals surface area contributed by atoms with E-state index in [4.69, 9.17) is 4.74 Å². The number of carbonyl (C=O) groups excluding carboxylic acids is 1. The fraction of sp³-hybridized carbons (Fsp3) is 0.250. The molecule has 2 unspecified atom stereocenters. The Morgan fingerprint density at radius 1 is 1.17 bits per heavy atom. The van der Waals surface area contributed by atoms with Crippen molar-refractivity contribution >= 4 is 27.9 Å². The number of fused-ring (bicyclic) bond motifs is 7. The third kappa shape index (κ3) is 2.33. The molecular formula is C24H21N3O2. The van der Waals surface area contributed by atoms with Crippen LogP contribution in [0.1, 0.15) is 30.1 Å². The van der Waals surface area contributed by atoms with Gasteiger partial charge in [0.15, 0.2) is 0 Å². The van der Waals surface area contributed by atoms with Crippen molar-refractivity contribution in [2.24, 2.45) is 0 Å². The molecule has 144 valence electrons. The summed E-state index contributed by atoms with van der Waals surface area (Å²) in [6.07, 6.45) is 4.49. The molecule has 2 aliphatic heterocycles. The van der Waals surface area contributed by atoms with Crippen LogP contribution in [0.3, 0.4) is 0 Å². The van der Waals surface area contributed by atoms with E-state index in [1.165, 1.54) is 34.9 Å². The summed E-state index contributed by atoms with van der Waals surface area (Å²) in [5, 5.41) is 2.34. The molecule has 29 heavy (non-hydrogen) atoms. The highest BCUT2D eigenvalue weighted by atomic mass is 16.5. The van der Waals surface area contributed by atoms with E-state index >= 15 is 0 Å². The zero-order chi connectivity index (χ0) is 19.5. The van der Waals surface area contributed by atoms with Gasteiger partial charge in [0.2, 0.25) is 0 Å². The molecule has 1 saturated heterocycles. The highest BCUT2D eigenvalue weighted by Crippen LogP contribution is 2.48. The molecule has 1 N–H and O–H groups in total. The van der Waals surface area contributed by atoms with Gasteiger partial charge in [-0.3, -0.25) is 9.88 Å². The number of hydrogen-bond donors (Lipinski definition) is 1. The second kappa shape index (κ2) is 6.08. The molecule has 2 bridgehead atoms. The van der Waals surface area contributed by atoms with Gasteiger partial charge in [-0.2, -0.15) is 0 Å². The maximum atomic E-state index is 12.4. The zero-order valence-electron chi connectivity index (χ0n) is 16.2. The largest absolute Gasteiger partial charge is 0.453 e. The molecule has 0 radical (unpaired) electrons. The molecular weight excluding hydrogens is 362 g/mol. The van der Waals surface area contributed by atoms with Crippen LogP contribution in [0.25, 0.3) is 32.9 Å². The quantitative estimate of drug-likeness (QED) is 0.491. The van der Waals surface area contributed by atoms with Gasteiger partial charge < -0.3 is 9.72 Å². The normalized spacial score (nSPS) is 20.2. The molecule has 2 atom stereocenters. The van der Waals surface area contributed by atoms with Gasteiger partial charge in [0, 0.05) is 46.3 Å². The number of hydrogen-bond acceptors (Lipinski definition) is 3. The number of rotatable bonds is 1. The van der Waals surface area contributed by atoms with Gasteiger partial charge in [-0.05, 0) is 36.6 Å². The van der Waals surface area contributed by atoms with Crippen LogP contribution in [0, 0.1) is 0 Å². The van der Waals surface area contributed by atoms with E-state index in [2.05, 4.69) is 52.4 Å². The Hall–Kier alpha value is -3.34. The van der Waals surface area contributed by atoms with Crippen molar-refractivity contribution in [2.75, 3.05) is 7.11 Å². The van der Waals surface area contributed by atoms with Gasteiger partial charge in [0.05, 0.1) is 24.2 Å². The number of methoxy groups -OCH3 is 1. The predicted molar refractivity (Wildman–Crippen MR) is 113 cm³/mol. The standard InChI is InChI=1S/C24H21N3O2/c1-29-24(28)27-16-8-10-21(27)22-18-6-2-5-17(23(18)26-20(22)13-16)14-7-9-19-15(12-14)4-3-11-25-19/h2-7,9,11-12,16,21,26H,8,10,13H2,1H3. The molecule has 6 rings (SSSR count). The molecule has 1 amide bonds. The number of nitrogens with zero attached hydrogens (tertiary/aromatic N) is 2. The molecule has 5 heteroatoms.